The van der Waals surface area contributed by atoms with E-state index in [2.05, 4.69) is 64.4 Å². The molecule has 0 fully saturated rings. The molecule has 0 amide bonds. The standard InChI is InChI=1S/C24H22N4/c25-15-20-9-10-23(27-13-11-18-5-1-3-7-21(18)16-27)26-24(20)28-14-12-19-6-2-4-8-22(19)17-28/h1-10H,11-14,16-17H2. The summed E-state index contributed by atoms with van der Waals surface area (Å²) in [6.45, 7) is 3.53. The van der Waals surface area contributed by atoms with Crippen LogP contribution in [0.15, 0.2) is 60.7 Å². The minimum Gasteiger partial charge on any atom is -0.352 e. The van der Waals surface area contributed by atoms with Crippen LogP contribution < -0.4 is 9.80 Å². The fourth-order valence-electron chi connectivity index (χ4n) is 4.31. The van der Waals surface area contributed by atoms with E-state index < -0.39 is 0 Å². The first-order chi connectivity index (χ1) is 13.8. The molecular weight excluding hydrogens is 344 g/mol. The highest BCUT2D eigenvalue weighted by molar-refractivity contribution is 5.60. The second-order valence-corrected chi connectivity index (χ2v) is 7.53. The van der Waals surface area contributed by atoms with Crippen molar-refractivity contribution in [2.24, 2.45) is 0 Å². The number of aromatic nitrogens is 1. The second kappa shape index (κ2) is 7.01. The SMILES string of the molecule is N#Cc1ccc(N2CCc3ccccc3C2)nc1N1CCc2ccccc2C1. The predicted molar refractivity (Wildman–Crippen MR) is 111 cm³/mol. The number of hydrogen-bond donors (Lipinski definition) is 0. The number of rotatable bonds is 2. The summed E-state index contributed by atoms with van der Waals surface area (Å²) in [6.07, 6.45) is 2.02. The van der Waals surface area contributed by atoms with Gasteiger partial charge in [-0.3, -0.25) is 0 Å². The molecule has 0 bridgehead atoms. The van der Waals surface area contributed by atoms with E-state index in [1.165, 1.54) is 22.3 Å². The molecular formula is C24H22N4. The Bertz CT molecular complexity index is 1070. The maximum Gasteiger partial charge on any atom is 0.149 e. The van der Waals surface area contributed by atoms with Crippen LogP contribution in [0, 0.1) is 11.3 Å². The van der Waals surface area contributed by atoms with Crippen LogP contribution >= 0.6 is 0 Å². The number of hydrogen-bond acceptors (Lipinski definition) is 4. The number of nitriles is 1. The average Bonchev–Trinajstić information content (AvgIpc) is 2.78. The normalized spacial score (nSPS) is 15.5. The van der Waals surface area contributed by atoms with E-state index in [9.17, 15) is 5.26 Å². The summed E-state index contributed by atoms with van der Waals surface area (Å²) in [5.41, 5.74) is 6.19. The summed E-state index contributed by atoms with van der Waals surface area (Å²) in [5.74, 6) is 1.77. The van der Waals surface area contributed by atoms with Gasteiger partial charge in [0.05, 0.1) is 5.56 Å². The van der Waals surface area contributed by atoms with Crippen molar-refractivity contribution in [3.63, 3.8) is 0 Å². The second-order valence-electron chi connectivity index (χ2n) is 7.53. The lowest BCUT2D eigenvalue weighted by Crippen LogP contribution is -2.34. The first kappa shape index (κ1) is 16.8. The number of anilines is 2. The minimum absolute atomic E-state index is 0.653. The van der Waals surface area contributed by atoms with Crippen molar-refractivity contribution in [2.75, 3.05) is 22.9 Å². The number of nitrogens with zero attached hydrogens (tertiary/aromatic N) is 4. The molecule has 0 saturated heterocycles. The quantitative estimate of drug-likeness (QED) is 0.685. The molecule has 0 unspecified atom stereocenters. The summed E-state index contributed by atoms with van der Waals surface area (Å²) in [5, 5.41) is 9.65. The van der Waals surface area contributed by atoms with E-state index >= 15 is 0 Å². The summed E-state index contributed by atoms with van der Waals surface area (Å²) in [6, 6.07) is 23.5. The van der Waals surface area contributed by atoms with Gasteiger partial charge in [0.15, 0.2) is 0 Å². The van der Waals surface area contributed by atoms with Gasteiger partial charge in [-0.25, -0.2) is 4.98 Å². The van der Waals surface area contributed by atoms with Gasteiger partial charge in [0.2, 0.25) is 0 Å². The third kappa shape index (κ3) is 2.99. The van der Waals surface area contributed by atoms with Crippen molar-refractivity contribution in [2.45, 2.75) is 25.9 Å². The Morgan fingerprint density at radius 3 is 1.93 bits per heavy atom. The Balaban J connectivity index is 1.46. The zero-order valence-corrected chi connectivity index (χ0v) is 15.8. The molecule has 4 heteroatoms. The Kier molecular flexibility index (Phi) is 4.21. The van der Waals surface area contributed by atoms with Crippen molar-refractivity contribution < 1.29 is 0 Å². The van der Waals surface area contributed by atoms with E-state index in [0.717, 1.165) is 50.7 Å². The molecule has 138 valence electrons. The van der Waals surface area contributed by atoms with Crippen LogP contribution in [0.3, 0.4) is 0 Å². The smallest absolute Gasteiger partial charge is 0.149 e. The molecule has 0 spiro atoms. The molecule has 1 aromatic heterocycles. The lowest BCUT2D eigenvalue weighted by atomic mass is 9.99. The van der Waals surface area contributed by atoms with Crippen LogP contribution in [-0.2, 0) is 25.9 Å². The average molecular weight is 366 g/mol. The molecule has 3 heterocycles. The van der Waals surface area contributed by atoms with Crippen molar-refractivity contribution in [3.8, 4) is 6.07 Å². The highest BCUT2D eigenvalue weighted by Crippen LogP contribution is 2.29. The van der Waals surface area contributed by atoms with Gasteiger partial charge in [-0.1, -0.05) is 48.5 Å². The molecule has 0 saturated carbocycles. The summed E-state index contributed by atoms with van der Waals surface area (Å²) in [4.78, 5) is 9.54. The van der Waals surface area contributed by atoms with Gasteiger partial charge in [0.1, 0.15) is 17.7 Å². The van der Waals surface area contributed by atoms with Crippen molar-refractivity contribution in [1.29, 1.82) is 5.26 Å². The van der Waals surface area contributed by atoms with Crippen LogP contribution in [0.25, 0.3) is 0 Å². The summed E-state index contributed by atoms with van der Waals surface area (Å²) in [7, 11) is 0. The molecule has 2 aliphatic heterocycles. The third-order valence-corrected chi connectivity index (χ3v) is 5.87. The van der Waals surface area contributed by atoms with Gasteiger partial charge in [-0.2, -0.15) is 5.26 Å². The molecule has 4 nitrogen and oxygen atoms in total. The highest BCUT2D eigenvalue weighted by Gasteiger charge is 2.22. The fraction of sp³-hybridized carbons (Fsp3) is 0.250. The highest BCUT2D eigenvalue weighted by atomic mass is 15.2. The molecule has 5 rings (SSSR count). The van der Waals surface area contributed by atoms with E-state index in [4.69, 9.17) is 4.98 Å². The van der Waals surface area contributed by atoms with Crippen LogP contribution in [0.1, 0.15) is 27.8 Å². The fourth-order valence-corrected chi connectivity index (χ4v) is 4.31. The van der Waals surface area contributed by atoms with Gasteiger partial charge in [-0.15, -0.1) is 0 Å². The third-order valence-electron chi connectivity index (χ3n) is 5.87. The van der Waals surface area contributed by atoms with Crippen LogP contribution in [0.2, 0.25) is 0 Å². The van der Waals surface area contributed by atoms with Crippen LogP contribution in [-0.4, -0.2) is 18.1 Å². The maximum absolute atomic E-state index is 9.65. The molecule has 0 radical (unpaired) electrons. The molecule has 2 aromatic carbocycles. The van der Waals surface area contributed by atoms with Gasteiger partial charge in [0.25, 0.3) is 0 Å². The molecule has 2 aliphatic rings. The Hall–Kier alpha value is -3.32. The monoisotopic (exact) mass is 366 g/mol. The Morgan fingerprint density at radius 2 is 1.29 bits per heavy atom. The lowest BCUT2D eigenvalue weighted by molar-refractivity contribution is 0.702. The summed E-state index contributed by atoms with van der Waals surface area (Å²) >= 11 is 0. The van der Waals surface area contributed by atoms with Crippen molar-refractivity contribution >= 4 is 11.6 Å². The zero-order chi connectivity index (χ0) is 18.9. The van der Waals surface area contributed by atoms with Gasteiger partial charge < -0.3 is 9.80 Å². The Labute approximate surface area is 165 Å². The zero-order valence-electron chi connectivity index (χ0n) is 15.8. The van der Waals surface area contributed by atoms with Gasteiger partial charge in [0, 0.05) is 26.2 Å². The van der Waals surface area contributed by atoms with Gasteiger partial charge in [-0.05, 0) is 47.2 Å². The Morgan fingerprint density at radius 1 is 0.714 bits per heavy atom. The van der Waals surface area contributed by atoms with Crippen molar-refractivity contribution in [1.82, 2.24) is 4.98 Å². The summed E-state index contributed by atoms with van der Waals surface area (Å²) < 4.78 is 0. The first-order valence-corrected chi connectivity index (χ1v) is 9.86. The van der Waals surface area contributed by atoms with E-state index in [0.29, 0.717) is 5.56 Å². The van der Waals surface area contributed by atoms with Crippen molar-refractivity contribution in [3.05, 3.63) is 88.5 Å². The number of benzene rings is 2. The van der Waals surface area contributed by atoms with Gasteiger partial charge >= 0.3 is 0 Å². The van der Waals surface area contributed by atoms with E-state index in [1.807, 2.05) is 12.1 Å². The van der Waals surface area contributed by atoms with Crippen LogP contribution in [0.4, 0.5) is 11.6 Å². The molecule has 0 aliphatic carbocycles. The topological polar surface area (TPSA) is 43.2 Å². The van der Waals surface area contributed by atoms with Crippen LogP contribution in [0.5, 0.6) is 0 Å². The molecule has 3 aromatic rings. The van der Waals surface area contributed by atoms with E-state index in [-0.39, 0.29) is 0 Å². The molecule has 28 heavy (non-hydrogen) atoms. The first-order valence-electron chi connectivity index (χ1n) is 9.86. The largest absolute Gasteiger partial charge is 0.352 e. The number of fused-ring (bicyclic) bond motifs is 2. The van der Waals surface area contributed by atoms with E-state index in [1.54, 1.807) is 0 Å². The molecule has 0 N–H and O–H groups in total. The maximum atomic E-state index is 9.65. The lowest BCUT2D eigenvalue weighted by Gasteiger charge is -2.33. The number of pyridine rings is 1. The predicted octanol–water partition coefficient (Wildman–Crippen LogP) is 4.08. The molecule has 0 atom stereocenters. The minimum atomic E-state index is 0.653.